The van der Waals surface area contributed by atoms with Gasteiger partial charge in [0.15, 0.2) is 11.2 Å². The molecule has 1 fully saturated rings. The van der Waals surface area contributed by atoms with Crippen LogP contribution in [0.3, 0.4) is 0 Å². The number of nitrogens with one attached hydrogen (secondary N) is 1. The van der Waals surface area contributed by atoms with Gasteiger partial charge in [-0.15, -0.1) is 0 Å². The van der Waals surface area contributed by atoms with Gasteiger partial charge in [0, 0.05) is 26.7 Å². The molecule has 3 rings (SSSR count). The monoisotopic (exact) mass is 360 g/mol. The maximum absolute atomic E-state index is 12.8. The number of rotatable bonds is 3. The first kappa shape index (κ1) is 18.6. The maximum atomic E-state index is 12.8. The largest absolute Gasteiger partial charge is 0.332 e. The molecular formula is C18H28N6O2. The summed E-state index contributed by atoms with van der Waals surface area (Å²) in [6.45, 7) is 5.44. The highest BCUT2D eigenvalue weighted by Gasteiger charge is 2.26. The molecule has 0 saturated carbocycles. The molecular weight excluding hydrogens is 332 g/mol. The van der Waals surface area contributed by atoms with Crippen LogP contribution < -0.4 is 22.3 Å². The summed E-state index contributed by atoms with van der Waals surface area (Å²) in [7, 11) is 3.15. The minimum atomic E-state index is -0.369. The highest BCUT2D eigenvalue weighted by Crippen LogP contribution is 2.24. The molecule has 2 unspecified atom stereocenters. The first-order chi connectivity index (χ1) is 12.3. The Hall–Kier alpha value is -2.19. The minimum absolute atomic E-state index is 0.0368. The summed E-state index contributed by atoms with van der Waals surface area (Å²) < 4.78 is 4.51. The van der Waals surface area contributed by atoms with Crippen molar-refractivity contribution >= 4 is 11.2 Å². The zero-order valence-electron chi connectivity index (χ0n) is 16.0. The Morgan fingerprint density at radius 3 is 2.73 bits per heavy atom. The zero-order valence-corrected chi connectivity index (χ0v) is 16.0. The summed E-state index contributed by atoms with van der Waals surface area (Å²) in [5.41, 5.74) is 7.58. The lowest BCUT2D eigenvalue weighted by molar-refractivity contribution is 0.464. The van der Waals surface area contributed by atoms with Crippen molar-refractivity contribution in [1.82, 2.24) is 24.0 Å². The first-order valence-electron chi connectivity index (χ1n) is 9.09. The lowest BCUT2D eigenvalue weighted by atomic mass is 10.1. The SMILES string of the molecule is CC(C)=CCn1c(C2CC(N)CCCN2)nc2c1c(=O)n(C)c(=O)n2C. The summed E-state index contributed by atoms with van der Waals surface area (Å²) in [5, 5.41) is 3.51. The fraction of sp³-hybridized carbons (Fsp3) is 0.611. The highest BCUT2D eigenvalue weighted by atomic mass is 16.2. The molecule has 142 valence electrons. The summed E-state index contributed by atoms with van der Waals surface area (Å²) in [6.07, 6.45) is 4.81. The number of hydrogen-bond donors (Lipinski definition) is 2. The van der Waals surface area contributed by atoms with E-state index in [9.17, 15) is 9.59 Å². The Labute approximate surface area is 152 Å². The fourth-order valence-corrected chi connectivity index (χ4v) is 3.53. The van der Waals surface area contributed by atoms with E-state index in [1.807, 2.05) is 18.4 Å². The fourth-order valence-electron chi connectivity index (χ4n) is 3.53. The number of hydrogen-bond acceptors (Lipinski definition) is 5. The van der Waals surface area contributed by atoms with E-state index >= 15 is 0 Å². The van der Waals surface area contributed by atoms with Crippen molar-refractivity contribution in [3.8, 4) is 0 Å². The summed E-state index contributed by atoms with van der Waals surface area (Å²) in [6, 6.07) is 0.0589. The van der Waals surface area contributed by atoms with Gasteiger partial charge in [-0.2, -0.15) is 0 Å². The van der Waals surface area contributed by atoms with E-state index < -0.39 is 0 Å². The van der Waals surface area contributed by atoms with Crippen LogP contribution in [0.1, 0.15) is 45.0 Å². The normalized spacial score (nSPS) is 21.0. The second-order valence-corrected chi connectivity index (χ2v) is 7.38. The van der Waals surface area contributed by atoms with Gasteiger partial charge in [0.1, 0.15) is 5.82 Å². The molecule has 8 heteroatoms. The topological polar surface area (TPSA) is 99.9 Å². The Bertz CT molecular complexity index is 961. The van der Waals surface area contributed by atoms with Gasteiger partial charge < -0.3 is 15.6 Å². The van der Waals surface area contributed by atoms with Crippen LogP contribution in [-0.2, 0) is 20.6 Å². The van der Waals surface area contributed by atoms with E-state index in [4.69, 9.17) is 10.7 Å². The summed E-state index contributed by atoms with van der Waals surface area (Å²) in [5.74, 6) is 0.771. The van der Waals surface area contributed by atoms with Crippen LogP contribution in [0.4, 0.5) is 0 Å². The van der Waals surface area contributed by atoms with Gasteiger partial charge in [0.2, 0.25) is 0 Å². The minimum Gasteiger partial charge on any atom is -0.328 e. The van der Waals surface area contributed by atoms with E-state index in [2.05, 4.69) is 11.4 Å². The predicted molar refractivity (Wildman–Crippen MR) is 102 cm³/mol. The number of nitrogens with two attached hydrogens (primary N) is 1. The van der Waals surface area contributed by atoms with Crippen LogP contribution in [0.25, 0.3) is 11.2 Å². The molecule has 0 bridgehead atoms. The van der Waals surface area contributed by atoms with Crippen molar-refractivity contribution in [3.63, 3.8) is 0 Å². The molecule has 2 atom stereocenters. The van der Waals surface area contributed by atoms with E-state index in [0.29, 0.717) is 17.7 Å². The molecule has 1 aliphatic rings. The summed E-state index contributed by atoms with van der Waals surface area (Å²) in [4.78, 5) is 29.8. The zero-order chi connectivity index (χ0) is 19.0. The van der Waals surface area contributed by atoms with Gasteiger partial charge >= 0.3 is 5.69 Å². The van der Waals surface area contributed by atoms with Crippen molar-refractivity contribution < 1.29 is 0 Å². The molecule has 1 saturated heterocycles. The Morgan fingerprint density at radius 1 is 1.31 bits per heavy atom. The number of aromatic nitrogens is 4. The Morgan fingerprint density at radius 2 is 2.04 bits per heavy atom. The number of nitrogens with zero attached hydrogens (tertiary/aromatic N) is 4. The third-order valence-corrected chi connectivity index (χ3v) is 5.05. The summed E-state index contributed by atoms with van der Waals surface area (Å²) >= 11 is 0. The van der Waals surface area contributed by atoms with Crippen LogP contribution >= 0.6 is 0 Å². The molecule has 3 heterocycles. The molecule has 0 amide bonds. The lowest BCUT2D eigenvalue weighted by Crippen LogP contribution is -2.37. The second-order valence-electron chi connectivity index (χ2n) is 7.38. The molecule has 8 nitrogen and oxygen atoms in total. The smallest absolute Gasteiger partial charge is 0.328 e. The second kappa shape index (κ2) is 7.20. The number of allylic oxidation sites excluding steroid dienone is 2. The quantitative estimate of drug-likeness (QED) is 0.779. The molecule has 2 aromatic rings. The Balaban J connectivity index is 2.27. The molecule has 0 aliphatic carbocycles. The molecule has 0 aromatic carbocycles. The van der Waals surface area contributed by atoms with E-state index in [1.165, 1.54) is 11.6 Å². The van der Waals surface area contributed by atoms with E-state index in [1.54, 1.807) is 7.05 Å². The van der Waals surface area contributed by atoms with Crippen molar-refractivity contribution in [3.05, 3.63) is 38.3 Å². The van der Waals surface area contributed by atoms with Gasteiger partial charge in [-0.25, -0.2) is 9.78 Å². The average Bonchev–Trinajstić information content (AvgIpc) is 2.84. The molecule has 2 aromatic heterocycles. The molecule has 1 aliphatic heterocycles. The average molecular weight is 360 g/mol. The first-order valence-corrected chi connectivity index (χ1v) is 9.09. The van der Waals surface area contributed by atoms with Gasteiger partial charge in [0.05, 0.1) is 6.04 Å². The number of imidazole rings is 1. The molecule has 26 heavy (non-hydrogen) atoms. The van der Waals surface area contributed by atoms with Gasteiger partial charge in [0.25, 0.3) is 5.56 Å². The van der Waals surface area contributed by atoms with Gasteiger partial charge in [-0.1, -0.05) is 11.6 Å². The van der Waals surface area contributed by atoms with E-state index in [-0.39, 0.29) is 23.3 Å². The van der Waals surface area contributed by atoms with Crippen LogP contribution in [0.15, 0.2) is 21.2 Å². The lowest BCUT2D eigenvalue weighted by Gasteiger charge is -2.19. The van der Waals surface area contributed by atoms with Crippen molar-refractivity contribution in [2.75, 3.05) is 6.54 Å². The molecule has 0 spiro atoms. The van der Waals surface area contributed by atoms with Crippen molar-refractivity contribution in [2.45, 2.75) is 51.7 Å². The van der Waals surface area contributed by atoms with Crippen LogP contribution in [-0.4, -0.2) is 31.3 Å². The molecule has 0 radical (unpaired) electrons. The number of fused-ring (bicyclic) bond motifs is 1. The van der Waals surface area contributed by atoms with Crippen molar-refractivity contribution in [1.29, 1.82) is 0 Å². The maximum Gasteiger partial charge on any atom is 0.332 e. The predicted octanol–water partition coefficient (Wildman–Crippen LogP) is 0.542. The van der Waals surface area contributed by atoms with Crippen LogP contribution in [0.5, 0.6) is 0 Å². The van der Waals surface area contributed by atoms with Crippen LogP contribution in [0.2, 0.25) is 0 Å². The van der Waals surface area contributed by atoms with Gasteiger partial charge in [-0.05, 0) is 39.7 Å². The van der Waals surface area contributed by atoms with Crippen molar-refractivity contribution in [2.24, 2.45) is 19.8 Å². The highest BCUT2D eigenvalue weighted by molar-refractivity contribution is 5.71. The van der Waals surface area contributed by atoms with Gasteiger partial charge in [-0.3, -0.25) is 13.9 Å². The van der Waals surface area contributed by atoms with Crippen LogP contribution in [0, 0.1) is 0 Å². The standard InChI is InChI=1S/C18H28N6O2/c1-11(2)7-9-24-14-16(22(3)18(26)23(4)17(14)25)21-15(24)13-10-12(19)6-5-8-20-13/h7,12-13,20H,5-6,8-10,19H2,1-4H3. The number of aryl methyl sites for hydroxylation is 1. The Kier molecular flexibility index (Phi) is 5.15. The third kappa shape index (κ3) is 3.26. The molecule has 3 N–H and O–H groups in total. The van der Waals surface area contributed by atoms with E-state index in [0.717, 1.165) is 41.8 Å². The third-order valence-electron chi connectivity index (χ3n) is 5.05.